The Balaban J connectivity index is 1.54. The quantitative estimate of drug-likeness (QED) is 0.0168. The molecule has 3 aromatic carbocycles. The monoisotopic (exact) mass is 939 g/mol. The van der Waals surface area contributed by atoms with Gasteiger partial charge in [-0.25, -0.2) is 24.5 Å². The maximum atomic E-state index is 17.4. The first-order valence-corrected chi connectivity index (χ1v) is 23.7. The van der Waals surface area contributed by atoms with Crippen molar-refractivity contribution in [1.82, 2.24) is 10.0 Å². The molecule has 60 heavy (non-hydrogen) atoms. The van der Waals surface area contributed by atoms with Gasteiger partial charge in [-0.15, -0.1) is 38.8 Å². The lowest BCUT2D eigenvalue weighted by atomic mass is 9.83. The predicted molar refractivity (Wildman–Crippen MR) is 222 cm³/mol. The summed E-state index contributed by atoms with van der Waals surface area (Å²) < 4.78 is 119. The molecule has 8 rings (SSSR count). The van der Waals surface area contributed by atoms with Crippen molar-refractivity contribution in [2.24, 2.45) is 5.84 Å². The van der Waals surface area contributed by atoms with Crippen LogP contribution >= 0.6 is 46.5 Å². The van der Waals surface area contributed by atoms with E-state index in [-0.39, 0.29) is 32.1 Å². The fraction of sp³-hybridized carbons (Fsp3) is 0.243. The van der Waals surface area contributed by atoms with Crippen LogP contribution < -0.4 is 36.1 Å². The molecular formula is C37H33F2N4O11S6+. The minimum atomic E-state index is -5.53. The Morgan fingerprint density at radius 2 is 1.65 bits per heavy atom. The van der Waals surface area contributed by atoms with E-state index in [0.717, 1.165) is 28.9 Å². The van der Waals surface area contributed by atoms with E-state index in [9.17, 15) is 30.7 Å². The third-order valence-electron chi connectivity index (χ3n) is 11.1. The number of hydrogen-bond donors (Lipinski definition) is 5. The lowest BCUT2D eigenvalue weighted by Crippen LogP contribution is -2.46. The first-order chi connectivity index (χ1) is 28.0. The highest BCUT2D eigenvalue weighted by molar-refractivity contribution is 8.00. The number of benzene rings is 3. The Bertz CT molecular complexity index is 3090. The molecule has 316 valence electrons. The lowest BCUT2D eigenvalue weighted by Gasteiger charge is -2.43. The Morgan fingerprint density at radius 1 is 0.950 bits per heavy atom. The van der Waals surface area contributed by atoms with Gasteiger partial charge in [0.05, 0.1) is 44.1 Å². The molecule has 3 aliphatic heterocycles. The molecule has 2 aromatic heterocycles. The molecule has 0 fully saturated rings. The van der Waals surface area contributed by atoms with Crippen molar-refractivity contribution in [2.75, 3.05) is 24.7 Å². The molecule has 0 unspecified atom stereocenters. The van der Waals surface area contributed by atoms with Gasteiger partial charge in [0.2, 0.25) is 11.3 Å². The Kier molecular flexibility index (Phi) is 10.4. The molecule has 0 bridgehead atoms. The number of carbonyl (C=O) groups is 1. The van der Waals surface area contributed by atoms with E-state index in [1.807, 2.05) is 55.7 Å². The van der Waals surface area contributed by atoms with Gasteiger partial charge in [-0.2, -0.15) is 16.8 Å². The summed E-state index contributed by atoms with van der Waals surface area (Å²) >= 11 is 3.35. The highest BCUT2D eigenvalue weighted by atomic mass is 32.3. The molecule has 0 spiro atoms. The number of ether oxygens (including phenoxy) is 1. The molecule has 15 nitrogen and oxygen atoms in total. The van der Waals surface area contributed by atoms with Crippen LogP contribution in [0.5, 0.6) is 11.5 Å². The average Bonchev–Trinajstić information content (AvgIpc) is 3.84. The molecular weight excluding hydrogens is 907 g/mol. The first kappa shape index (κ1) is 42.7. The number of hydrogen-bond acceptors (Lipinski definition) is 15. The molecule has 0 saturated carbocycles. The van der Waals surface area contributed by atoms with Gasteiger partial charge in [0.25, 0.3) is 10.1 Å². The van der Waals surface area contributed by atoms with Crippen molar-refractivity contribution < 1.29 is 58.9 Å². The molecule has 0 atom stereocenters. The number of hydrazine groups is 1. The second-order valence-electron chi connectivity index (χ2n) is 15.0. The number of thioether (sulfide) groups is 1. The number of carbonyl (C=O) groups excluding carboxylic acids is 1. The fourth-order valence-corrected chi connectivity index (χ4v) is 13.1. The van der Waals surface area contributed by atoms with Gasteiger partial charge in [-0.3, -0.25) is 19.3 Å². The van der Waals surface area contributed by atoms with Crippen molar-refractivity contribution in [1.29, 1.82) is 0 Å². The van der Waals surface area contributed by atoms with Crippen LogP contribution in [0.4, 0.5) is 14.5 Å². The minimum Gasteiger partial charge on any atom is -0.456 e. The molecule has 3 aliphatic rings. The van der Waals surface area contributed by atoms with Gasteiger partial charge >= 0.3 is 10.1 Å². The van der Waals surface area contributed by atoms with Crippen LogP contribution in [-0.4, -0.2) is 57.0 Å². The number of nitrogens with one attached hydrogen (secondary N) is 1. The van der Waals surface area contributed by atoms with Crippen LogP contribution in [0.2, 0.25) is 0 Å². The standard InChI is InChI=1S/C37H32F2N4O11S6/c1-36(2)19-9-28(58-54-53-45)56-33(19)15-7-17-24(12-22(15)42(36)5)52-25-13-23-16(34-20(37(3,4)43(23)6)10-29(57-34)59(46,47)48)8-18(25)30(17)31-32(39)26(55-14-27(44)41-40)11-21(38)35(31)60(49,50)51/h7-13H,14,40H2,1-6H3,(H3-,41,44,45,46,47,48,49,50,51)/p+1. The summed E-state index contributed by atoms with van der Waals surface area (Å²) in [5, 5.41) is 13.2. The van der Waals surface area contributed by atoms with Crippen LogP contribution in [-0.2, 0) is 45.5 Å². The fourth-order valence-electron chi connectivity index (χ4n) is 7.73. The smallest absolute Gasteiger partial charge is 0.304 e. The molecule has 6 N–H and O–H groups in total. The van der Waals surface area contributed by atoms with E-state index in [2.05, 4.69) is 5.04 Å². The van der Waals surface area contributed by atoms with Gasteiger partial charge in [0, 0.05) is 75.5 Å². The van der Waals surface area contributed by atoms with Crippen LogP contribution in [0.15, 0.2) is 60.7 Å². The number of anilines is 1. The minimum absolute atomic E-state index is 0.0350. The third-order valence-corrected chi connectivity index (χ3v) is 17.4. The first-order valence-electron chi connectivity index (χ1n) is 17.4. The normalized spacial score (nSPS) is 16.0. The maximum absolute atomic E-state index is 17.4. The van der Waals surface area contributed by atoms with E-state index in [1.165, 1.54) is 23.5 Å². The Morgan fingerprint density at radius 3 is 2.30 bits per heavy atom. The summed E-state index contributed by atoms with van der Waals surface area (Å²) in [6.45, 7) is 7.66. The molecule has 5 heterocycles. The molecule has 0 aliphatic carbocycles. The molecule has 1 amide bonds. The van der Waals surface area contributed by atoms with Gasteiger partial charge in [0.15, 0.2) is 5.54 Å². The topological polar surface area (TPSA) is 218 Å². The van der Waals surface area contributed by atoms with Gasteiger partial charge in [-0.1, -0.05) is 5.04 Å². The second-order valence-corrected chi connectivity index (χ2v) is 22.1. The number of amides is 1. The second kappa shape index (κ2) is 14.6. The molecule has 5 aromatic rings. The maximum Gasteiger partial charge on any atom is 0.304 e. The molecule has 0 radical (unpaired) electrons. The zero-order chi connectivity index (χ0) is 43.6. The summed E-state index contributed by atoms with van der Waals surface area (Å²) in [6.07, 6.45) is 0. The number of halogens is 2. The van der Waals surface area contributed by atoms with Crippen molar-refractivity contribution in [3.05, 3.63) is 86.9 Å². The summed E-state index contributed by atoms with van der Waals surface area (Å²) in [4.78, 5) is 13.4. The zero-order valence-electron chi connectivity index (χ0n) is 32.0. The largest absolute Gasteiger partial charge is 0.456 e. The van der Waals surface area contributed by atoms with Crippen LogP contribution in [0.25, 0.3) is 26.5 Å². The van der Waals surface area contributed by atoms with Crippen LogP contribution in [0.1, 0.15) is 49.9 Å². The van der Waals surface area contributed by atoms with Gasteiger partial charge in [0.1, 0.15) is 39.3 Å². The number of nitrogens with zero attached hydrogens (tertiary/aromatic N) is 2. The van der Waals surface area contributed by atoms with Crippen molar-refractivity contribution in [2.45, 2.75) is 57.0 Å². The van der Waals surface area contributed by atoms with E-state index < -0.39 is 70.0 Å². The highest BCUT2D eigenvalue weighted by Gasteiger charge is 2.43. The lowest BCUT2D eigenvalue weighted by molar-refractivity contribution is -0.432. The summed E-state index contributed by atoms with van der Waals surface area (Å²) in [5.41, 5.74) is 2.34. The summed E-state index contributed by atoms with van der Waals surface area (Å²) in [5.74, 6) is 1.37. The number of fused-ring (bicyclic) bond motifs is 8. The van der Waals surface area contributed by atoms with E-state index in [1.54, 1.807) is 25.2 Å². The Hall–Kier alpha value is -3.98. The van der Waals surface area contributed by atoms with Crippen molar-refractivity contribution in [3.8, 4) is 32.4 Å². The zero-order valence-corrected chi connectivity index (χ0v) is 36.9. The van der Waals surface area contributed by atoms with Gasteiger partial charge < -0.3 is 9.64 Å². The Labute approximate surface area is 357 Å². The molecule has 0 saturated heterocycles. The predicted octanol–water partition coefficient (Wildman–Crippen LogP) is 5.83. The van der Waals surface area contributed by atoms with E-state index >= 15 is 8.78 Å². The molecule has 23 heteroatoms. The van der Waals surface area contributed by atoms with Crippen molar-refractivity contribution in [3.63, 3.8) is 0 Å². The van der Waals surface area contributed by atoms with Crippen LogP contribution in [0.3, 0.4) is 0 Å². The number of thiophene rings is 2. The van der Waals surface area contributed by atoms with Gasteiger partial charge in [-0.05, 0) is 49.7 Å². The number of nitrogens with two attached hydrogens (primary N) is 1. The van der Waals surface area contributed by atoms with Crippen LogP contribution in [0, 0.1) is 11.6 Å². The summed E-state index contributed by atoms with van der Waals surface area (Å²) in [6, 6.07) is 10.2. The average molecular weight is 940 g/mol. The SMILES string of the molecule is CN1c2cc3c(cc2-c2sc(SOOO)cc2C1(C)C)C(c1c(F)c(SCC(=O)NN)cc(F)c1S(=O)(=O)O)=c1cc2c(cc1O3)=[N+](C)C(C)(C)c1cc(S(=O)(=O)O)sc1-2. The van der Waals surface area contributed by atoms with E-state index in [0.29, 0.717) is 59.5 Å². The highest BCUT2D eigenvalue weighted by Crippen LogP contribution is 2.55. The number of rotatable bonds is 9. The van der Waals surface area contributed by atoms with E-state index in [4.69, 9.17) is 20.2 Å². The third kappa shape index (κ3) is 6.66. The van der Waals surface area contributed by atoms with Crippen molar-refractivity contribution >= 4 is 83.9 Å². The summed E-state index contributed by atoms with van der Waals surface area (Å²) in [7, 11) is -6.58.